The maximum atomic E-state index is 13.4. The molecule has 0 aliphatic heterocycles. The molecule has 1 N–H and O–H groups in total. The van der Waals surface area contributed by atoms with Gasteiger partial charge in [-0.15, -0.1) is 0 Å². The van der Waals surface area contributed by atoms with Crippen molar-refractivity contribution in [3.05, 3.63) is 68.0 Å². The fraction of sp³-hybridized carbons (Fsp3) is 0.217. The summed E-state index contributed by atoms with van der Waals surface area (Å²) in [6.07, 6.45) is 1.39. The average Bonchev–Trinajstić information content (AvgIpc) is 3.36. The van der Waals surface area contributed by atoms with Gasteiger partial charge in [0.25, 0.3) is 17.2 Å². The minimum Gasteiger partial charge on any atom is -0.466 e. The number of fused-ring (bicyclic) bond motifs is 2. The van der Waals surface area contributed by atoms with E-state index in [1.807, 2.05) is 19.9 Å². The van der Waals surface area contributed by atoms with E-state index in [4.69, 9.17) is 8.94 Å². The molecule has 0 saturated heterocycles. The molecule has 5 heterocycles. The number of amides is 1. The lowest BCUT2D eigenvalue weighted by atomic mass is 10.1. The van der Waals surface area contributed by atoms with Gasteiger partial charge in [-0.3, -0.25) is 18.7 Å². The van der Waals surface area contributed by atoms with E-state index >= 15 is 0 Å². The van der Waals surface area contributed by atoms with Crippen molar-refractivity contribution in [1.82, 2.24) is 24.3 Å². The van der Waals surface area contributed by atoms with Gasteiger partial charge in [-0.05, 0) is 39.0 Å². The lowest BCUT2D eigenvalue weighted by molar-refractivity contribution is 0.102. The summed E-state index contributed by atoms with van der Waals surface area (Å²) in [6.45, 7) is 5.36. The Morgan fingerprint density at radius 2 is 1.82 bits per heavy atom. The van der Waals surface area contributed by atoms with Crippen LogP contribution in [0, 0.1) is 20.8 Å². The van der Waals surface area contributed by atoms with Gasteiger partial charge in [-0.25, -0.2) is 14.8 Å². The molecule has 0 saturated carbocycles. The summed E-state index contributed by atoms with van der Waals surface area (Å²) in [5, 5.41) is 7.42. The zero-order chi connectivity index (χ0) is 24.3. The Bertz CT molecular complexity index is 1750. The summed E-state index contributed by atoms with van der Waals surface area (Å²) in [5.74, 6) is 0.917. The summed E-state index contributed by atoms with van der Waals surface area (Å²) in [6, 6.07) is 4.98. The molecule has 0 aliphatic carbocycles. The van der Waals surface area contributed by atoms with Crippen LogP contribution in [0.25, 0.3) is 33.4 Å². The zero-order valence-electron chi connectivity index (χ0n) is 19.1. The van der Waals surface area contributed by atoms with Gasteiger partial charge in [0.05, 0.1) is 39.6 Å². The molecule has 5 aromatic heterocycles. The molecule has 0 fully saturated rings. The predicted octanol–water partition coefficient (Wildman–Crippen LogP) is 2.61. The third-order valence-electron chi connectivity index (χ3n) is 5.73. The predicted molar refractivity (Wildman–Crippen MR) is 124 cm³/mol. The fourth-order valence-corrected chi connectivity index (χ4v) is 4.03. The van der Waals surface area contributed by atoms with Gasteiger partial charge in [-0.2, -0.15) is 0 Å². The molecule has 0 aliphatic rings. The lowest BCUT2D eigenvalue weighted by Crippen LogP contribution is -2.37. The van der Waals surface area contributed by atoms with Gasteiger partial charge < -0.3 is 14.3 Å². The highest BCUT2D eigenvalue weighted by Gasteiger charge is 2.21. The van der Waals surface area contributed by atoms with Crippen LogP contribution in [-0.2, 0) is 14.1 Å². The summed E-state index contributed by atoms with van der Waals surface area (Å²) in [7, 11) is 2.91. The van der Waals surface area contributed by atoms with Gasteiger partial charge in [-0.1, -0.05) is 5.16 Å². The maximum Gasteiger partial charge on any atom is 0.332 e. The van der Waals surface area contributed by atoms with Crippen molar-refractivity contribution in [1.29, 1.82) is 0 Å². The molecule has 0 radical (unpaired) electrons. The van der Waals surface area contributed by atoms with E-state index in [2.05, 4.69) is 20.4 Å². The highest BCUT2D eigenvalue weighted by atomic mass is 16.5. The number of carbonyl (C=O) groups excluding carboxylic acids is 1. The highest BCUT2D eigenvalue weighted by Crippen LogP contribution is 2.31. The van der Waals surface area contributed by atoms with Crippen LogP contribution in [0.15, 0.2) is 42.9 Å². The first-order chi connectivity index (χ1) is 16.2. The van der Waals surface area contributed by atoms with Crippen LogP contribution in [0.3, 0.4) is 0 Å². The molecule has 172 valence electrons. The molecule has 11 nitrogen and oxygen atoms in total. The number of hydrogen-bond donors (Lipinski definition) is 1. The monoisotopic (exact) mass is 460 g/mol. The quantitative estimate of drug-likeness (QED) is 0.434. The first-order valence-electron chi connectivity index (χ1n) is 10.4. The summed E-state index contributed by atoms with van der Waals surface area (Å²) < 4.78 is 13.2. The third-order valence-corrected chi connectivity index (χ3v) is 5.73. The number of furan rings is 1. The Morgan fingerprint density at radius 3 is 2.53 bits per heavy atom. The third kappa shape index (κ3) is 3.20. The smallest absolute Gasteiger partial charge is 0.332 e. The van der Waals surface area contributed by atoms with Crippen LogP contribution >= 0.6 is 0 Å². The van der Waals surface area contributed by atoms with Gasteiger partial charge in [0.15, 0.2) is 0 Å². The Balaban J connectivity index is 1.62. The average molecular weight is 460 g/mol. The second kappa shape index (κ2) is 7.51. The number of hydrogen-bond acceptors (Lipinski definition) is 8. The van der Waals surface area contributed by atoms with Gasteiger partial charge in [0, 0.05) is 19.7 Å². The van der Waals surface area contributed by atoms with E-state index in [1.165, 1.54) is 30.9 Å². The molecular formula is C23H20N6O5. The number of rotatable bonds is 3. The Kier molecular flexibility index (Phi) is 4.71. The number of nitrogens with zero attached hydrogens (tertiary/aromatic N) is 5. The molecule has 0 aromatic carbocycles. The minimum absolute atomic E-state index is 0.202. The van der Waals surface area contributed by atoms with Crippen molar-refractivity contribution < 1.29 is 13.7 Å². The summed E-state index contributed by atoms with van der Waals surface area (Å²) in [4.78, 5) is 46.8. The van der Waals surface area contributed by atoms with E-state index < -0.39 is 17.2 Å². The topological polar surface area (TPSA) is 138 Å². The van der Waals surface area contributed by atoms with Crippen LogP contribution in [0.4, 0.5) is 5.69 Å². The van der Waals surface area contributed by atoms with Crippen molar-refractivity contribution >= 4 is 33.7 Å². The Labute approximate surface area is 191 Å². The van der Waals surface area contributed by atoms with Gasteiger partial charge >= 0.3 is 5.69 Å². The molecule has 0 atom stereocenters. The largest absolute Gasteiger partial charge is 0.466 e. The first kappa shape index (κ1) is 21.3. The molecule has 5 rings (SSSR count). The molecule has 1 amide bonds. The number of carbonyl (C=O) groups is 1. The summed E-state index contributed by atoms with van der Waals surface area (Å²) >= 11 is 0. The van der Waals surface area contributed by atoms with E-state index in [1.54, 1.807) is 13.0 Å². The van der Waals surface area contributed by atoms with Gasteiger partial charge in [0.1, 0.15) is 17.2 Å². The van der Waals surface area contributed by atoms with E-state index in [0.29, 0.717) is 39.5 Å². The van der Waals surface area contributed by atoms with Crippen LogP contribution in [0.5, 0.6) is 0 Å². The van der Waals surface area contributed by atoms with Crippen molar-refractivity contribution in [2.45, 2.75) is 20.8 Å². The molecule has 0 unspecified atom stereocenters. The van der Waals surface area contributed by atoms with Crippen LogP contribution in [0.1, 0.15) is 27.6 Å². The van der Waals surface area contributed by atoms with Crippen LogP contribution in [0.2, 0.25) is 0 Å². The number of anilines is 1. The lowest BCUT2D eigenvalue weighted by Gasteiger charge is -2.10. The normalized spacial score (nSPS) is 11.4. The van der Waals surface area contributed by atoms with E-state index in [-0.39, 0.29) is 16.7 Å². The van der Waals surface area contributed by atoms with Crippen molar-refractivity contribution in [2.24, 2.45) is 14.1 Å². The van der Waals surface area contributed by atoms with Crippen molar-refractivity contribution in [2.75, 3.05) is 5.32 Å². The summed E-state index contributed by atoms with van der Waals surface area (Å²) in [5.41, 5.74) is 1.80. The van der Waals surface area contributed by atoms with Crippen molar-refractivity contribution in [3.63, 3.8) is 0 Å². The van der Waals surface area contributed by atoms with Gasteiger partial charge in [0.2, 0.25) is 0 Å². The maximum absolute atomic E-state index is 13.4. The molecule has 34 heavy (non-hydrogen) atoms. The second-order valence-corrected chi connectivity index (χ2v) is 8.09. The zero-order valence-corrected chi connectivity index (χ0v) is 19.1. The van der Waals surface area contributed by atoms with Crippen LogP contribution < -0.4 is 16.6 Å². The number of nitrogens with one attached hydrogen (secondary N) is 1. The standard InChI is InChI=1S/C23H20N6O5/c1-10-6-14(12(3)33-10)17-8-15(18-11(2)27-34-21(18)26-17)20(30)25-13-7-16-19(24-9-13)28(4)23(32)29(5)22(16)31/h6-9H,1-5H3,(H,25,30). The second-order valence-electron chi connectivity index (χ2n) is 8.09. The molecule has 0 spiro atoms. The fourth-order valence-electron chi connectivity index (χ4n) is 4.03. The van der Waals surface area contributed by atoms with Crippen molar-refractivity contribution in [3.8, 4) is 11.3 Å². The highest BCUT2D eigenvalue weighted by molar-refractivity contribution is 6.13. The number of aromatic nitrogens is 5. The Morgan fingerprint density at radius 1 is 1.06 bits per heavy atom. The van der Waals surface area contributed by atoms with E-state index in [0.717, 1.165) is 10.1 Å². The van der Waals surface area contributed by atoms with E-state index in [9.17, 15) is 14.4 Å². The SMILES string of the molecule is Cc1cc(-c2cc(C(=O)Nc3cnc4c(c3)c(=O)n(C)c(=O)n4C)c3c(C)noc3n2)c(C)o1. The number of pyridine rings is 2. The number of aryl methyl sites for hydroxylation is 4. The minimum atomic E-state index is -0.504. The molecule has 11 heteroatoms. The molecular weight excluding hydrogens is 440 g/mol. The molecule has 0 bridgehead atoms. The Hall–Kier alpha value is -4.54. The first-order valence-corrected chi connectivity index (χ1v) is 10.4. The molecule has 5 aromatic rings. The van der Waals surface area contributed by atoms with Crippen LogP contribution in [-0.4, -0.2) is 30.2 Å².